The van der Waals surface area contributed by atoms with E-state index in [1.54, 1.807) is 12.4 Å². The lowest BCUT2D eigenvalue weighted by Crippen LogP contribution is -2.55. The fourth-order valence-corrected chi connectivity index (χ4v) is 4.46. The lowest BCUT2D eigenvalue weighted by Gasteiger charge is -2.41. The molecule has 2 fully saturated rings. The van der Waals surface area contributed by atoms with E-state index in [0.717, 1.165) is 30.1 Å². The van der Waals surface area contributed by atoms with Crippen molar-refractivity contribution in [1.82, 2.24) is 15.3 Å². The summed E-state index contributed by atoms with van der Waals surface area (Å²) < 4.78 is 0. The molecule has 4 rings (SSSR count). The van der Waals surface area contributed by atoms with Crippen molar-refractivity contribution in [2.24, 2.45) is 17.8 Å². The van der Waals surface area contributed by atoms with Gasteiger partial charge in [-0.1, -0.05) is 13.8 Å². The molecule has 7 heteroatoms. The predicted molar refractivity (Wildman–Crippen MR) is 111 cm³/mol. The van der Waals surface area contributed by atoms with Gasteiger partial charge in [-0.05, 0) is 49.1 Å². The number of aromatic nitrogens is 2. The molecule has 1 aliphatic carbocycles. The standard InChI is InChI=1S/C22H29N5O2/c1-13(2)21(28)22(29)26-17-9-16(14-3-4-14)11-27(12-17)18-6-5-15(10-23)19-20(18)25-8-7-24-19/h5-8,13-14,16-17,21-22,26,28-29H,3-4,9,11-12H2,1-2H3/t16?,17?,21-,22?/m0/s1. The molecule has 0 spiro atoms. The van der Waals surface area contributed by atoms with Gasteiger partial charge in [-0.2, -0.15) is 5.26 Å². The summed E-state index contributed by atoms with van der Waals surface area (Å²) in [6, 6.07) is 6.04. The van der Waals surface area contributed by atoms with E-state index in [2.05, 4.69) is 26.3 Å². The van der Waals surface area contributed by atoms with E-state index in [9.17, 15) is 15.5 Å². The summed E-state index contributed by atoms with van der Waals surface area (Å²) in [4.78, 5) is 11.2. The smallest absolute Gasteiger partial charge is 0.131 e. The number of benzene rings is 1. The Labute approximate surface area is 171 Å². The molecular formula is C22H29N5O2. The number of aliphatic hydroxyl groups excluding tert-OH is 2. The van der Waals surface area contributed by atoms with Gasteiger partial charge in [-0.15, -0.1) is 0 Å². The fourth-order valence-electron chi connectivity index (χ4n) is 4.46. The van der Waals surface area contributed by atoms with E-state index < -0.39 is 12.3 Å². The molecule has 0 bridgehead atoms. The maximum atomic E-state index is 10.4. The van der Waals surface area contributed by atoms with E-state index in [0.29, 0.717) is 23.5 Å². The van der Waals surface area contributed by atoms with Crippen molar-refractivity contribution in [3.8, 4) is 6.07 Å². The summed E-state index contributed by atoms with van der Waals surface area (Å²) in [7, 11) is 0. The summed E-state index contributed by atoms with van der Waals surface area (Å²) >= 11 is 0. The van der Waals surface area contributed by atoms with Crippen LogP contribution >= 0.6 is 0 Å². The first kappa shape index (κ1) is 20.0. The summed E-state index contributed by atoms with van der Waals surface area (Å²) in [5.41, 5.74) is 2.87. The molecule has 3 N–H and O–H groups in total. The zero-order chi connectivity index (χ0) is 20.5. The molecule has 7 nitrogen and oxygen atoms in total. The van der Waals surface area contributed by atoms with E-state index in [1.807, 2.05) is 26.0 Å². The van der Waals surface area contributed by atoms with Gasteiger partial charge in [0.25, 0.3) is 0 Å². The normalized spacial score (nSPS) is 24.5. The number of nitriles is 1. The molecule has 4 atom stereocenters. The van der Waals surface area contributed by atoms with Crippen molar-refractivity contribution in [1.29, 1.82) is 5.26 Å². The topological polar surface area (TPSA) is 105 Å². The molecule has 1 saturated heterocycles. The van der Waals surface area contributed by atoms with Gasteiger partial charge in [0.2, 0.25) is 0 Å². The van der Waals surface area contributed by atoms with Gasteiger partial charge in [-0.25, -0.2) is 0 Å². The molecule has 29 heavy (non-hydrogen) atoms. The van der Waals surface area contributed by atoms with E-state index in [1.165, 1.54) is 12.8 Å². The molecule has 2 heterocycles. The highest BCUT2D eigenvalue weighted by Gasteiger charge is 2.39. The van der Waals surface area contributed by atoms with Crippen molar-refractivity contribution in [3.05, 3.63) is 30.1 Å². The Balaban J connectivity index is 1.61. The molecule has 2 aromatic rings. The number of aliphatic hydroxyl groups is 2. The average Bonchev–Trinajstić information content (AvgIpc) is 3.57. The van der Waals surface area contributed by atoms with Gasteiger partial charge in [0.1, 0.15) is 23.3 Å². The van der Waals surface area contributed by atoms with Crippen LogP contribution in [0, 0.1) is 29.1 Å². The Kier molecular flexibility index (Phi) is 5.68. The Hall–Kier alpha value is -2.27. The first-order valence-electron chi connectivity index (χ1n) is 10.5. The highest BCUT2D eigenvalue weighted by molar-refractivity contribution is 5.92. The molecule has 0 amide bonds. The molecule has 1 aromatic heterocycles. The Bertz CT molecular complexity index is 908. The molecule has 1 aromatic carbocycles. The van der Waals surface area contributed by atoms with Crippen LogP contribution in [0.2, 0.25) is 0 Å². The van der Waals surface area contributed by atoms with Gasteiger partial charge in [0, 0.05) is 31.5 Å². The third kappa shape index (κ3) is 4.20. The third-order valence-corrected chi connectivity index (χ3v) is 6.25. The zero-order valence-electron chi connectivity index (χ0n) is 17.0. The van der Waals surface area contributed by atoms with Crippen LogP contribution < -0.4 is 10.2 Å². The number of rotatable bonds is 6. The minimum Gasteiger partial charge on any atom is -0.389 e. The monoisotopic (exact) mass is 395 g/mol. The maximum Gasteiger partial charge on any atom is 0.131 e. The van der Waals surface area contributed by atoms with Crippen LogP contribution in [0.1, 0.15) is 38.7 Å². The van der Waals surface area contributed by atoms with Crippen molar-refractivity contribution in [2.45, 2.75) is 51.5 Å². The summed E-state index contributed by atoms with van der Waals surface area (Å²) in [6.07, 6.45) is 5.04. The minimum absolute atomic E-state index is 0.0193. The molecule has 2 aliphatic rings. The SMILES string of the molecule is CC(C)[C@H](O)C(O)NC1CC(C2CC2)CN(c2ccc(C#N)c3nccnc23)C1. The molecule has 3 unspecified atom stereocenters. The highest BCUT2D eigenvalue weighted by Crippen LogP contribution is 2.42. The lowest BCUT2D eigenvalue weighted by atomic mass is 9.89. The second-order valence-corrected chi connectivity index (χ2v) is 8.78. The van der Waals surface area contributed by atoms with Crippen molar-refractivity contribution >= 4 is 16.7 Å². The summed E-state index contributed by atoms with van der Waals surface area (Å²) in [6.45, 7) is 5.44. The fraction of sp³-hybridized carbons (Fsp3) is 0.591. The van der Waals surface area contributed by atoms with Gasteiger partial charge in [0.05, 0.1) is 17.4 Å². The summed E-state index contributed by atoms with van der Waals surface area (Å²) in [5, 5.41) is 33.3. The van der Waals surface area contributed by atoms with E-state index >= 15 is 0 Å². The van der Waals surface area contributed by atoms with Crippen LogP contribution in [0.3, 0.4) is 0 Å². The van der Waals surface area contributed by atoms with Crippen LogP contribution in [-0.2, 0) is 0 Å². The maximum absolute atomic E-state index is 10.4. The largest absolute Gasteiger partial charge is 0.389 e. The quantitative estimate of drug-likeness (QED) is 0.643. The number of piperidine rings is 1. The lowest BCUT2D eigenvalue weighted by molar-refractivity contribution is -0.0346. The average molecular weight is 396 g/mol. The number of hydrogen-bond acceptors (Lipinski definition) is 7. The van der Waals surface area contributed by atoms with Crippen LogP contribution in [0.15, 0.2) is 24.5 Å². The number of anilines is 1. The van der Waals surface area contributed by atoms with Gasteiger partial charge in [0.15, 0.2) is 0 Å². The Morgan fingerprint density at radius 2 is 1.83 bits per heavy atom. The first-order chi connectivity index (χ1) is 14.0. The Morgan fingerprint density at radius 3 is 2.48 bits per heavy atom. The highest BCUT2D eigenvalue weighted by atomic mass is 16.3. The Morgan fingerprint density at radius 1 is 1.10 bits per heavy atom. The third-order valence-electron chi connectivity index (χ3n) is 6.25. The summed E-state index contributed by atoms with van der Waals surface area (Å²) in [5.74, 6) is 1.24. The van der Waals surface area contributed by atoms with E-state index in [-0.39, 0.29) is 12.0 Å². The molecule has 1 saturated carbocycles. The van der Waals surface area contributed by atoms with Crippen molar-refractivity contribution in [2.75, 3.05) is 18.0 Å². The van der Waals surface area contributed by atoms with Gasteiger partial charge in [-0.3, -0.25) is 15.3 Å². The van der Waals surface area contributed by atoms with Gasteiger partial charge < -0.3 is 15.1 Å². The molecular weight excluding hydrogens is 366 g/mol. The number of fused-ring (bicyclic) bond motifs is 1. The first-order valence-corrected chi connectivity index (χ1v) is 10.5. The molecule has 0 radical (unpaired) electrons. The molecule has 1 aliphatic heterocycles. The van der Waals surface area contributed by atoms with Crippen LogP contribution in [-0.4, -0.2) is 51.6 Å². The van der Waals surface area contributed by atoms with Crippen LogP contribution in [0.5, 0.6) is 0 Å². The molecule has 154 valence electrons. The van der Waals surface area contributed by atoms with Crippen molar-refractivity contribution < 1.29 is 10.2 Å². The van der Waals surface area contributed by atoms with Gasteiger partial charge >= 0.3 is 0 Å². The zero-order valence-corrected chi connectivity index (χ0v) is 17.0. The second kappa shape index (κ2) is 8.23. The number of nitrogens with one attached hydrogen (secondary N) is 1. The van der Waals surface area contributed by atoms with Crippen LogP contribution in [0.4, 0.5) is 5.69 Å². The second-order valence-electron chi connectivity index (χ2n) is 8.78. The van der Waals surface area contributed by atoms with E-state index in [4.69, 9.17) is 0 Å². The van der Waals surface area contributed by atoms with Crippen molar-refractivity contribution in [3.63, 3.8) is 0 Å². The number of nitrogens with zero attached hydrogens (tertiary/aromatic N) is 4. The minimum atomic E-state index is -0.947. The predicted octanol–water partition coefficient (Wildman–Crippen LogP) is 2.03. The number of hydrogen-bond donors (Lipinski definition) is 3. The van der Waals surface area contributed by atoms with Crippen LogP contribution in [0.25, 0.3) is 11.0 Å².